The van der Waals surface area contributed by atoms with E-state index in [1.54, 1.807) is 50.5 Å². The Morgan fingerprint density at radius 3 is 2.26 bits per heavy atom. The Morgan fingerprint density at radius 2 is 1.72 bits per heavy atom. The predicted molar refractivity (Wildman–Crippen MR) is 154 cm³/mol. The average Bonchev–Trinajstić information content (AvgIpc) is 2.88. The molecule has 3 N–H and O–H groups in total. The Labute approximate surface area is 235 Å². The molecule has 3 rings (SSSR count). The van der Waals surface area contributed by atoms with Gasteiger partial charge in [0.2, 0.25) is 0 Å². The lowest BCUT2D eigenvalue weighted by atomic mass is 10.0. The largest absolute Gasteiger partial charge is 0.480 e. The maximum atomic E-state index is 13.3. The number of hydrogen-bond acceptors (Lipinski definition) is 5. The molecule has 0 fully saturated rings. The van der Waals surface area contributed by atoms with Crippen molar-refractivity contribution in [2.75, 3.05) is 13.6 Å². The van der Waals surface area contributed by atoms with Crippen molar-refractivity contribution in [3.8, 4) is 5.69 Å². The number of carboxylic acids is 1. The molecule has 2 aromatic carbocycles. The fourth-order valence-electron chi connectivity index (χ4n) is 4.07. The second-order valence-corrected chi connectivity index (χ2v) is 9.65. The van der Waals surface area contributed by atoms with Crippen LogP contribution in [0.4, 0.5) is 0 Å². The number of hydrogen-bond donors (Lipinski definition) is 3. The van der Waals surface area contributed by atoms with E-state index in [0.29, 0.717) is 23.5 Å². The van der Waals surface area contributed by atoms with Gasteiger partial charge in [-0.3, -0.25) is 14.2 Å². The first-order valence-electron chi connectivity index (χ1n) is 11.9. The highest BCUT2D eigenvalue weighted by Gasteiger charge is 2.24. The number of nitrogens with one attached hydrogen (secondary N) is 2. The molecule has 11 heteroatoms. The maximum absolute atomic E-state index is 13.3. The van der Waals surface area contributed by atoms with Crippen LogP contribution in [0.25, 0.3) is 17.8 Å². The maximum Gasteiger partial charge on any atom is 0.335 e. The Hall–Kier alpha value is -3.92. The van der Waals surface area contributed by atoms with Crippen LogP contribution in [-0.2, 0) is 18.3 Å². The molecule has 0 radical (unpaired) electrons. The summed E-state index contributed by atoms with van der Waals surface area (Å²) in [6, 6.07) is 9.50. The van der Waals surface area contributed by atoms with Gasteiger partial charge in [-0.2, -0.15) is 0 Å². The lowest BCUT2D eigenvalue weighted by Crippen LogP contribution is -2.42. The van der Waals surface area contributed by atoms with Crippen molar-refractivity contribution in [2.24, 2.45) is 7.05 Å². The van der Waals surface area contributed by atoms with Crippen LogP contribution >= 0.6 is 23.2 Å². The summed E-state index contributed by atoms with van der Waals surface area (Å²) in [5.41, 5.74) is 1.39. The van der Waals surface area contributed by atoms with Crippen LogP contribution in [-0.4, -0.2) is 45.8 Å². The summed E-state index contributed by atoms with van der Waals surface area (Å²) in [5.74, 6) is -1.98. The number of nitrogens with zero attached hydrogens (tertiary/aromatic N) is 2. The summed E-state index contributed by atoms with van der Waals surface area (Å²) in [7, 11) is 3.37. The highest BCUT2D eigenvalue weighted by Crippen LogP contribution is 2.24. The minimum absolute atomic E-state index is 0.0184. The lowest BCUT2D eigenvalue weighted by Gasteiger charge is -2.17. The number of amides is 1. The highest BCUT2D eigenvalue weighted by atomic mass is 35.5. The molecule has 1 aromatic heterocycles. The van der Waals surface area contributed by atoms with Gasteiger partial charge >= 0.3 is 11.7 Å². The van der Waals surface area contributed by atoms with Crippen LogP contribution in [0.15, 0.2) is 64.2 Å². The van der Waals surface area contributed by atoms with E-state index < -0.39 is 29.2 Å². The molecular formula is C28H28Cl2N4O5. The van der Waals surface area contributed by atoms with Gasteiger partial charge < -0.3 is 15.7 Å². The molecule has 0 aliphatic carbocycles. The van der Waals surface area contributed by atoms with Crippen LogP contribution in [0.1, 0.15) is 34.1 Å². The molecule has 1 heterocycles. The molecule has 0 aliphatic rings. The van der Waals surface area contributed by atoms with Crippen molar-refractivity contribution >= 4 is 47.2 Å². The van der Waals surface area contributed by atoms with Crippen molar-refractivity contribution in [1.29, 1.82) is 0 Å². The lowest BCUT2D eigenvalue weighted by molar-refractivity contribution is -0.139. The number of rotatable bonds is 10. The minimum atomic E-state index is -1.29. The predicted octanol–water partition coefficient (Wildman–Crippen LogP) is 3.53. The third-order valence-electron chi connectivity index (χ3n) is 6.02. The van der Waals surface area contributed by atoms with E-state index in [2.05, 4.69) is 17.2 Å². The third kappa shape index (κ3) is 6.57. The van der Waals surface area contributed by atoms with E-state index in [1.807, 2.05) is 6.92 Å². The van der Waals surface area contributed by atoms with E-state index in [1.165, 1.54) is 22.8 Å². The molecule has 0 unspecified atom stereocenters. The molecule has 0 saturated carbocycles. The quantitative estimate of drug-likeness (QED) is 0.342. The summed E-state index contributed by atoms with van der Waals surface area (Å²) in [6.45, 7) is 6.22. The molecule has 204 valence electrons. The summed E-state index contributed by atoms with van der Waals surface area (Å²) in [4.78, 5) is 51.0. The topological polar surface area (TPSA) is 122 Å². The molecular weight excluding hydrogens is 543 g/mol. The molecule has 3 aromatic rings. The van der Waals surface area contributed by atoms with Gasteiger partial charge in [-0.1, -0.05) is 59.6 Å². The first-order valence-corrected chi connectivity index (χ1v) is 12.6. The van der Waals surface area contributed by atoms with E-state index in [4.69, 9.17) is 23.2 Å². The van der Waals surface area contributed by atoms with Gasteiger partial charge in [-0.05, 0) is 49.9 Å². The van der Waals surface area contributed by atoms with Gasteiger partial charge in [0.25, 0.3) is 11.5 Å². The van der Waals surface area contributed by atoms with Crippen molar-refractivity contribution in [3.05, 3.63) is 108 Å². The third-order valence-corrected chi connectivity index (χ3v) is 6.65. The number of aromatic nitrogens is 2. The standard InChI is InChI=1S/C28H28Cl2N4O5/c1-5-19-23(13-16(2)15-31-3)33(4)28(39)34(26(19)36)18-11-9-17(10-12-18)14-22(27(37)38)32-25(35)24-20(29)7-6-8-21(24)30/h5-13,22,31H,1,14-15H2,2-4H3,(H,32,35)(H,37,38)/b16-13+/t22-/m0/s1. The van der Waals surface area contributed by atoms with Crippen molar-refractivity contribution in [3.63, 3.8) is 0 Å². The fourth-order valence-corrected chi connectivity index (χ4v) is 4.64. The Bertz CT molecular complexity index is 1550. The molecule has 9 nitrogen and oxygen atoms in total. The molecule has 0 bridgehead atoms. The molecule has 1 atom stereocenters. The number of carboxylic acid groups (broad SMARTS) is 1. The molecule has 39 heavy (non-hydrogen) atoms. The summed E-state index contributed by atoms with van der Waals surface area (Å²) < 4.78 is 2.41. The fraction of sp³-hybridized carbons (Fsp3) is 0.214. The second-order valence-electron chi connectivity index (χ2n) is 8.84. The minimum Gasteiger partial charge on any atom is -0.480 e. The number of benzene rings is 2. The zero-order chi connectivity index (χ0) is 28.9. The summed E-state index contributed by atoms with van der Waals surface area (Å²) in [5, 5.41) is 15.4. The van der Waals surface area contributed by atoms with E-state index in [0.717, 1.165) is 10.1 Å². The Balaban J connectivity index is 1.93. The van der Waals surface area contributed by atoms with Crippen LogP contribution < -0.4 is 21.9 Å². The van der Waals surface area contributed by atoms with Gasteiger partial charge in [-0.25, -0.2) is 14.2 Å². The Morgan fingerprint density at radius 1 is 1.10 bits per heavy atom. The number of aliphatic carboxylic acids is 1. The van der Waals surface area contributed by atoms with E-state index >= 15 is 0 Å². The van der Waals surface area contributed by atoms with Crippen LogP contribution in [0.5, 0.6) is 0 Å². The van der Waals surface area contributed by atoms with Gasteiger partial charge in [0, 0.05) is 20.0 Å². The van der Waals surface area contributed by atoms with Crippen LogP contribution in [0, 0.1) is 0 Å². The molecule has 0 saturated heterocycles. The number of carbonyl (C=O) groups excluding carboxylic acids is 1. The normalized spacial score (nSPS) is 12.2. The zero-order valence-electron chi connectivity index (χ0n) is 21.6. The first kappa shape index (κ1) is 29.6. The van der Waals surface area contributed by atoms with Gasteiger partial charge in [0.15, 0.2) is 0 Å². The summed E-state index contributed by atoms with van der Waals surface area (Å²) >= 11 is 12.1. The smallest absolute Gasteiger partial charge is 0.335 e. The van der Waals surface area contributed by atoms with Crippen molar-refractivity contribution in [2.45, 2.75) is 19.4 Å². The zero-order valence-corrected chi connectivity index (χ0v) is 23.1. The SMILES string of the molecule is C=Cc1c(/C=C(\C)CNC)n(C)c(=O)n(-c2ccc(C[C@H](NC(=O)c3c(Cl)cccc3Cl)C(=O)O)cc2)c1=O. The van der Waals surface area contributed by atoms with Gasteiger partial charge in [0.05, 0.1) is 32.6 Å². The van der Waals surface area contributed by atoms with E-state index in [-0.39, 0.29) is 27.6 Å². The monoisotopic (exact) mass is 570 g/mol. The highest BCUT2D eigenvalue weighted by molar-refractivity contribution is 6.39. The number of likely N-dealkylation sites (N-methyl/N-ethyl adjacent to an activating group) is 1. The van der Waals surface area contributed by atoms with Gasteiger partial charge in [0.1, 0.15) is 6.04 Å². The summed E-state index contributed by atoms with van der Waals surface area (Å²) in [6.07, 6.45) is 3.11. The molecule has 1 amide bonds. The molecule has 0 aliphatic heterocycles. The first-order chi connectivity index (χ1) is 18.5. The van der Waals surface area contributed by atoms with Crippen LogP contribution in [0.2, 0.25) is 10.0 Å². The van der Waals surface area contributed by atoms with Crippen LogP contribution in [0.3, 0.4) is 0 Å². The van der Waals surface area contributed by atoms with Crippen molar-refractivity contribution in [1.82, 2.24) is 19.8 Å². The number of carbonyl (C=O) groups is 2. The van der Waals surface area contributed by atoms with E-state index in [9.17, 15) is 24.3 Å². The number of halogens is 2. The van der Waals surface area contributed by atoms with Crippen molar-refractivity contribution < 1.29 is 14.7 Å². The Kier molecular flexibility index (Phi) is 9.69. The molecule has 0 spiro atoms. The second kappa shape index (κ2) is 12.8. The van der Waals surface area contributed by atoms with Gasteiger partial charge in [-0.15, -0.1) is 0 Å². The average molecular weight is 571 g/mol.